The molecular weight excluding hydrogens is 324 g/mol. The minimum absolute atomic E-state index is 0.390. The quantitative estimate of drug-likeness (QED) is 0.541. The summed E-state index contributed by atoms with van der Waals surface area (Å²) < 4.78 is 39.7. The Balaban J connectivity index is 2.32. The number of halogens is 4. The van der Waals surface area contributed by atoms with Crippen LogP contribution >= 0.6 is 0 Å². The number of carbonyl (C=O) groups excluding carboxylic acids is 1. The van der Waals surface area contributed by atoms with Gasteiger partial charge in [0.25, 0.3) is 0 Å². The van der Waals surface area contributed by atoms with E-state index in [-0.39, 0.29) is 0 Å². The van der Waals surface area contributed by atoms with Crippen LogP contribution in [0.15, 0.2) is 30.3 Å². The number of alkyl halides is 4. The van der Waals surface area contributed by atoms with Gasteiger partial charge in [0.1, 0.15) is 0 Å². The van der Waals surface area contributed by atoms with Crippen LogP contribution in [0.4, 0.5) is 13.2 Å². The Morgan fingerprint density at radius 1 is 1.27 bits per heavy atom. The molecule has 0 aliphatic rings. The van der Waals surface area contributed by atoms with Crippen molar-refractivity contribution in [3.8, 4) is 0 Å². The van der Waals surface area contributed by atoms with Crippen LogP contribution in [0.2, 0.25) is 0 Å². The molecule has 1 aromatic rings. The summed E-state index contributed by atoms with van der Waals surface area (Å²) in [5.41, 5.74) is 0.875. The standard InChI is InChI=1S/C9H7F3IO2/c10-9(11,12)8(14)15-13-6-7-4-2-1-3-5-7/h1-5H,6H2/q-1. The van der Waals surface area contributed by atoms with Crippen LogP contribution in [0.3, 0.4) is 0 Å². The van der Waals surface area contributed by atoms with Crippen molar-refractivity contribution >= 4 is 5.97 Å². The SMILES string of the molecule is O=C(O[I-]Cc1ccccc1)C(F)(F)F. The Morgan fingerprint density at radius 2 is 1.87 bits per heavy atom. The van der Waals surface area contributed by atoms with Crippen molar-refractivity contribution in [1.82, 2.24) is 0 Å². The summed E-state index contributed by atoms with van der Waals surface area (Å²) in [6.45, 7) is 0. The second-order valence-corrected chi connectivity index (χ2v) is 4.42. The Bertz CT molecular complexity index is 324. The molecule has 0 N–H and O–H groups in total. The molecule has 6 heteroatoms. The van der Waals surface area contributed by atoms with Crippen molar-refractivity contribution in [2.75, 3.05) is 0 Å². The summed E-state index contributed by atoms with van der Waals surface area (Å²) in [4.78, 5) is 10.3. The van der Waals surface area contributed by atoms with Gasteiger partial charge in [-0.1, -0.05) is 0 Å². The summed E-state index contributed by atoms with van der Waals surface area (Å²) in [6.07, 6.45) is -4.88. The molecule has 1 aromatic carbocycles. The van der Waals surface area contributed by atoms with Gasteiger partial charge in [-0.15, -0.1) is 0 Å². The van der Waals surface area contributed by atoms with Gasteiger partial charge < -0.3 is 0 Å². The molecule has 0 atom stereocenters. The predicted octanol–water partition coefficient (Wildman–Crippen LogP) is -0.704. The average molecular weight is 331 g/mol. The van der Waals surface area contributed by atoms with E-state index in [4.69, 9.17) is 0 Å². The van der Waals surface area contributed by atoms with Crippen LogP contribution < -0.4 is 21.6 Å². The van der Waals surface area contributed by atoms with Crippen molar-refractivity contribution < 1.29 is 42.7 Å². The third-order valence-electron chi connectivity index (χ3n) is 1.41. The van der Waals surface area contributed by atoms with E-state index in [1.807, 2.05) is 6.07 Å². The van der Waals surface area contributed by atoms with Gasteiger partial charge >= 0.3 is 95.1 Å². The molecule has 0 saturated heterocycles. The van der Waals surface area contributed by atoms with E-state index in [0.717, 1.165) is 5.56 Å². The minimum atomic E-state index is -4.88. The monoisotopic (exact) mass is 331 g/mol. The Morgan fingerprint density at radius 3 is 2.40 bits per heavy atom. The molecule has 0 heterocycles. The molecule has 0 fully saturated rings. The molecule has 84 valence electrons. The molecule has 1 rings (SSSR count). The van der Waals surface area contributed by atoms with Crippen molar-refractivity contribution in [3.63, 3.8) is 0 Å². The fourth-order valence-corrected chi connectivity index (χ4v) is 2.31. The van der Waals surface area contributed by atoms with Crippen molar-refractivity contribution in [1.29, 1.82) is 0 Å². The summed E-state index contributed by atoms with van der Waals surface area (Å²) in [5, 5.41) is 0. The van der Waals surface area contributed by atoms with Gasteiger partial charge in [-0.05, 0) is 0 Å². The first-order valence-corrected chi connectivity index (χ1v) is 6.32. The molecule has 0 aliphatic carbocycles. The van der Waals surface area contributed by atoms with Crippen LogP contribution in [-0.2, 0) is 12.3 Å². The second-order valence-electron chi connectivity index (χ2n) is 2.59. The molecule has 0 aromatic heterocycles. The zero-order valence-electron chi connectivity index (χ0n) is 7.42. The van der Waals surface area contributed by atoms with E-state index in [2.05, 4.69) is 3.07 Å². The Kier molecular flexibility index (Phi) is 4.37. The zero-order valence-corrected chi connectivity index (χ0v) is 9.58. The average Bonchev–Trinajstić information content (AvgIpc) is 2.18. The summed E-state index contributed by atoms with van der Waals surface area (Å²) in [5.74, 6) is -2.09. The second kappa shape index (κ2) is 5.34. The van der Waals surface area contributed by atoms with Gasteiger partial charge in [-0.25, -0.2) is 0 Å². The van der Waals surface area contributed by atoms with Crippen LogP contribution in [0.25, 0.3) is 0 Å². The molecule has 0 radical (unpaired) electrons. The molecule has 15 heavy (non-hydrogen) atoms. The summed E-state index contributed by atoms with van der Waals surface area (Å²) in [6, 6.07) is 8.93. The molecular formula is C9H7F3IO2-. The number of hydrogen-bond acceptors (Lipinski definition) is 2. The molecule has 0 amide bonds. The fourth-order valence-electron chi connectivity index (χ4n) is 0.751. The van der Waals surface area contributed by atoms with Crippen LogP contribution in [-0.4, -0.2) is 12.1 Å². The molecule has 0 aliphatic heterocycles. The maximum atomic E-state index is 11.7. The molecule has 0 bridgehead atoms. The molecule has 2 nitrogen and oxygen atoms in total. The molecule has 0 spiro atoms. The molecule has 0 unspecified atom stereocenters. The number of carbonyl (C=O) groups is 1. The predicted molar refractivity (Wildman–Crippen MR) is 42.3 cm³/mol. The first-order chi connectivity index (χ1) is 7.00. The Hall–Kier alpha value is -0.790. The van der Waals surface area contributed by atoms with Gasteiger partial charge in [0, 0.05) is 0 Å². The Labute approximate surface area is 95.2 Å². The van der Waals surface area contributed by atoms with Gasteiger partial charge in [0.15, 0.2) is 0 Å². The third kappa shape index (κ3) is 4.50. The van der Waals surface area contributed by atoms with E-state index < -0.39 is 33.8 Å². The molecule has 0 saturated carbocycles. The van der Waals surface area contributed by atoms with Gasteiger partial charge in [-0.2, -0.15) is 0 Å². The van der Waals surface area contributed by atoms with E-state index in [1.54, 1.807) is 24.3 Å². The van der Waals surface area contributed by atoms with E-state index >= 15 is 0 Å². The van der Waals surface area contributed by atoms with Gasteiger partial charge in [0.2, 0.25) is 0 Å². The maximum absolute atomic E-state index is 11.7. The van der Waals surface area contributed by atoms with Crippen molar-refractivity contribution in [2.24, 2.45) is 0 Å². The van der Waals surface area contributed by atoms with Crippen molar-refractivity contribution in [2.45, 2.75) is 10.6 Å². The summed E-state index contributed by atoms with van der Waals surface area (Å²) in [7, 11) is 0. The van der Waals surface area contributed by atoms with Gasteiger partial charge in [0.05, 0.1) is 0 Å². The van der Waals surface area contributed by atoms with Crippen LogP contribution in [0.1, 0.15) is 5.56 Å². The first-order valence-electron chi connectivity index (χ1n) is 3.91. The topological polar surface area (TPSA) is 26.3 Å². The zero-order chi connectivity index (χ0) is 11.3. The van der Waals surface area contributed by atoms with E-state index in [9.17, 15) is 18.0 Å². The number of rotatable bonds is 3. The summed E-state index contributed by atoms with van der Waals surface area (Å²) >= 11 is -1.23. The first kappa shape index (κ1) is 12.3. The van der Waals surface area contributed by atoms with E-state index in [1.165, 1.54) is 0 Å². The normalized spacial score (nSPS) is 11.4. The van der Waals surface area contributed by atoms with Gasteiger partial charge in [-0.3, -0.25) is 0 Å². The van der Waals surface area contributed by atoms with Crippen LogP contribution in [0, 0.1) is 0 Å². The fraction of sp³-hybridized carbons (Fsp3) is 0.222. The van der Waals surface area contributed by atoms with Crippen molar-refractivity contribution in [3.05, 3.63) is 35.9 Å². The van der Waals surface area contributed by atoms with Crippen LogP contribution in [0.5, 0.6) is 0 Å². The number of hydrogen-bond donors (Lipinski definition) is 0. The third-order valence-corrected chi connectivity index (χ3v) is 3.31. The number of benzene rings is 1. The van der Waals surface area contributed by atoms with E-state index in [0.29, 0.717) is 4.43 Å².